The Balaban J connectivity index is 2.23. The quantitative estimate of drug-likeness (QED) is 0.584. The molecule has 0 heterocycles. The lowest BCUT2D eigenvalue weighted by molar-refractivity contribution is -0.150. The molecule has 0 aliphatic heterocycles. The van der Waals surface area contributed by atoms with E-state index in [9.17, 15) is 4.79 Å². The van der Waals surface area contributed by atoms with Gasteiger partial charge in [0.25, 0.3) is 0 Å². The highest BCUT2D eigenvalue weighted by Crippen LogP contribution is 2.43. The predicted molar refractivity (Wildman–Crippen MR) is 90.7 cm³/mol. The second-order valence-electron chi connectivity index (χ2n) is 7.09. The fourth-order valence-electron chi connectivity index (χ4n) is 3.69. The number of ether oxygens (including phenoxy) is 1. The third-order valence-corrected chi connectivity index (χ3v) is 5.07. The van der Waals surface area contributed by atoms with Crippen LogP contribution in [0.5, 0.6) is 0 Å². The van der Waals surface area contributed by atoms with Gasteiger partial charge in [-0.05, 0) is 36.7 Å². The number of benzene rings is 1. The van der Waals surface area contributed by atoms with Gasteiger partial charge < -0.3 is 4.74 Å². The van der Waals surface area contributed by atoms with Crippen molar-refractivity contribution in [2.45, 2.75) is 58.5 Å². The number of hydrogen-bond acceptors (Lipinski definition) is 2. The Kier molecular flexibility index (Phi) is 5.44. The van der Waals surface area contributed by atoms with Crippen molar-refractivity contribution >= 4 is 5.97 Å². The molecule has 0 bridgehead atoms. The summed E-state index contributed by atoms with van der Waals surface area (Å²) in [5.74, 6) is 0.766. The van der Waals surface area contributed by atoms with Crippen LogP contribution < -0.4 is 0 Å². The Morgan fingerprint density at radius 3 is 2.55 bits per heavy atom. The van der Waals surface area contributed by atoms with E-state index in [0.717, 1.165) is 12.8 Å². The molecule has 1 aromatic carbocycles. The molecule has 2 rings (SSSR count). The topological polar surface area (TPSA) is 26.3 Å². The maximum atomic E-state index is 11.9. The van der Waals surface area contributed by atoms with Gasteiger partial charge in [-0.15, -0.1) is 0 Å². The van der Waals surface area contributed by atoms with E-state index in [4.69, 9.17) is 4.74 Å². The zero-order chi connectivity index (χ0) is 16.2. The first-order valence-electron chi connectivity index (χ1n) is 8.34. The number of carbonyl (C=O) groups is 1. The van der Waals surface area contributed by atoms with Crippen molar-refractivity contribution in [2.24, 2.45) is 11.8 Å². The highest BCUT2D eigenvalue weighted by Gasteiger charge is 2.41. The Hall–Kier alpha value is -1.57. The van der Waals surface area contributed by atoms with Gasteiger partial charge in [0.2, 0.25) is 0 Å². The number of carbonyl (C=O) groups excluding carboxylic acids is 1. The van der Waals surface area contributed by atoms with Gasteiger partial charge in [-0.2, -0.15) is 0 Å². The lowest BCUT2D eigenvalue weighted by Gasteiger charge is -2.43. The molecule has 2 heteroatoms. The van der Waals surface area contributed by atoms with Crippen LogP contribution >= 0.6 is 0 Å². The number of rotatable bonds is 4. The molecule has 22 heavy (non-hydrogen) atoms. The van der Waals surface area contributed by atoms with E-state index in [1.165, 1.54) is 18.1 Å². The molecule has 0 saturated heterocycles. The first kappa shape index (κ1) is 16.8. The van der Waals surface area contributed by atoms with Crippen LogP contribution in [0.2, 0.25) is 0 Å². The Labute approximate surface area is 134 Å². The summed E-state index contributed by atoms with van der Waals surface area (Å²) in [5, 5.41) is 0. The smallest absolute Gasteiger partial charge is 0.330 e. The fraction of sp³-hybridized carbons (Fsp3) is 0.550. The maximum absolute atomic E-state index is 11.9. The summed E-state index contributed by atoms with van der Waals surface area (Å²) < 4.78 is 5.80. The molecular formula is C20H28O2. The van der Waals surface area contributed by atoms with E-state index in [0.29, 0.717) is 11.8 Å². The zero-order valence-electron chi connectivity index (χ0n) is 14.2. The highest BCUT2D eigenvalue weighted by atomic mass is 16.5. The summed E-state index contributed by atoms with van der Waals surface area (Å²) in [6.07, 6.45) is 6.54. The lowest BCUT2D eigenvalue weighted by Crippen LogP contribution is -2.43. The molecule has 1 aliphatic rings. The van der Waals surface area contributed by atoms with Crippen LogP contribution in [0, 0.1) is 11.8 Å². The lowest BCUT2D eigenvalue weighted by atomic mass is 9.64. The van der Waals surface area contributed by atoms with E-state index < -0.39 is 0 Å². The first-order chi connectivity index (χ1) is 10.4. The molecule has 0 unspecified atom stereocenters. The summed E-state index contributed by atoms with van der Waals surface area (Å²) in [4.78, 5) is 11.9. The van der Waals surface area contributed by atoms with Crippen LogP contribution in [-0.4, -0.2) is 12.1 Å². The summed E-state index contributed by atoms with van der Waals surface area (Å²) in [5.41, 5.74) is 1.32. The molecule has 120 valence electrons. The molecule has 0 amide bonds. The Morgan fingerprint density at radius 2 is 1.91 bits per heavy atom. The van der Waals surface area contributed by atoms with Crippen LogP contribution in [0.1, 0.15) is 52.5 Å². The Bertz CT molecular complexity index is 516. The molecule has 0 aromatic heterocycles. The standard InChI is InChI=1S/C20H28O2/c1-5-9-19(21)22-18-14-15(2)12-13-17(18)20(3,4)16-10-7-6-8-11-16/h5-11,15,17-18H,12-14H2,1-4H3/b9-5+/t15-,17-,18-/m1/s1. The van der Waals surface area contributed by atoms with Gasteiger partial charge in [-0.25, -0.2) is 4.79 Å². The van der Waals surface area contributed by atoms with Gasteiger partial charge in [-0.1, -0.05) is 63.6 Å². The van der Waals surface area contributed by atoms with Crippen molar-refractivity contribution in [3.63, 3.8) is 0 Å². The van der Waals surface area contributed by atoms with Gasteiger partial charge in [0.15, 0.2) is 0 Å². The maximum Gasteiger partial charge on any atom is 0.330 e. The minimum atomic E-state index is -0.213. The number of allylic oxidation sites excluding steroid dienone is 1. The second kappa shape index (κ2) is 7.13. The average molecular weight is 300 g/mol. The number of esters is 1. The van der Waals surface area contributed by atoms with Gasteiger partial charge in [0.1, 0.15) is 6.10 Å². The summed E-state index contributed by atoms with van der Waals surface area (Å²) >= 11 is 0. The van der Waals surface area contributed by atoms with E-state index in [1.54, 1.807) is 6.08 Å². The molecule has 0 radical (unpaired) electrons. The van der Waals surface area contributed by atoms with Crippen LogP contribution in [0.4, 0.5) is 0 Å². The summed E-state index contributed by atoms with van der Waals surface area (Å²) in [6.45, 7) is 8.65. The first-order valence-corrected chi connectivity index (χ1v) is 8.34. The Morgan fingerprint density at radius 1 is 1.23 bits per heavy atom. The van der Waals surface area contributed by atoms with E-state index in [2.05, 4.69) is 45.0 Å². The zero-order valence-corrected chi connectivity index (χ0v) is 14.2. The van der Waals surface area contributed by atoms with Gasteiger partial charge in [0, 0.05) is 12.0 Å². The van der Waals surface area contributed by atoms with Gasteiger partial charge in [0.05, 0.1) is 0 Å². The van der Waals surface area contributed by atoms with Gasteiger partial charge >= 0.3 is 5.97 Å². The van der Waals surface area contributed by atoms with Crippen LogP contribution in [-0.2, 0) is 14.9 Å². The normalized spacial score (nSPS) is 26.1. The summed E-state index contributed by atoms with van der Waals surface area (Å²) in [7, 11) is 0. The molecule has 0 N–H and O–H groups in total. The molecule has 0 spiro atoms. The van der Waals surface area contributed by atoms with Crippen molar-refractivity contribution in [1.82, 2.24) is 0 Å². The molecule has 1 aliphatic carbocycles. The van der Waals surface area contributed by atoms with E-state index in [-0.39, 0.29) is 17.5 Å². The SMILES string of the molecule is C/C=C/C(=O)O[C@@H]1C[C@H](C)CC[C@H]1C(C)(C)c1ccccc1. The van der Waals surface area contributed by atoms with Crippen molar-refractivity contribution in [3.8, 4) is 0 Å². The minimum absolute atomic E-state index is 0.00226. The molecule has 1 saturated carbocycles. The molecule has 1 aromatic rings. The van der Waals surface area contributed by atoms with E-state index >= 15 is 0 Å². The minimum Gasteiger partial charge on any atom is -0.459 e. The molecular weight excluding hydrogens is 272 g/mol. The predicted octanol–water partition coefficient (Wildman–Crippen LogP) is 4.89. The summed E-state index contributed by atoms with van der Waals surface area (Å²) in [6, 6.07) is 10.6. The molecule has 2 nitrogen and oxygen atoms in total. The molecule has 3 atom stereocenters. The second-order valence-corrected chi connectivity index (χ2v) is 7.09. The average Bonchev–Trinajstić information content (AvgIpc) is 2.48. The van der Waals surface area contributed by atoms with Gasteiger partial charge in [-0.3, -0.25) is 0 Å². The van der Waals surface area contributed by atoms with Crippen molar-refractivity contribution in [3.05, 3.63) is 48.0 Å². The fourth-order valence-corrected chi connectivity index (χ4v) is 3.69. The van der Waals surface area contributed by atoms with Crippen molar-refractivity contribution in [1.29, 1.82) is 0 Å². The van der Waals surface area contributed by atoms with Crippen molar-refractivity contribution in [2.75, 3.05) is 0 Å². The third kappa shape index (κ3) is 3.79. The monoisotopic (exact) mass is 300 g/mol. The van der Waals surface area contributed by atoms with Crippen LogP contribution in [0.15, 0.2) is 42.5 Å². The van der Waals surface area contributed by atoms with Crippen LogP contribution in [0.25, 0.3) is 0 Å². The largest absolute Gasteiger partial charge is 0.459 e. The van der Waals surface area contributed by atoms with Crippen LogP contribution in [0.3, 0.4) is 0 Å². The molecule has 1 fully saturated rings. The van der Waals surface area contributed by atoms with Crippen molar-refractivity contribution < 1.29 is 9.53 Å². The highest BCUT2D eigenvalue weighted by molar-refractivity contribution is 5.81. The third-order valence-electron chi connectivity index (χ3n) is 5.07. The van der Waals surface area contributed by atoms with E-state index in [1.807, 2.05) is 13.0 Å². The number of hydrogen-bond donors (Lipinski definition) is 0.